The van der Waals surface area contributed by atoms with E-state index in [4.69, 9.17) is 14.3 Å². The fourth-order valence-electron chi connectivity index (χ4n) is 3.24. The maximum absolute atomic E-state index is 12.9. The van der Waals surface area contributed by atoms with Gasteiger partial charge in [0.1, 0.15) is 12.0 Å². The lowest BCUT2D eigenvalue weighted by molar-refractivity contribution is -0.137. The molecule has 0 aliphatic heterocycles. The molecule has 0 radical (unpaired) electrons. The van der Waals surface area contributed by atoms with Gasteiger partial charge in [0.2, 0.25) is 0 Å². The average molecular weight is 497 g/mol. The van der Waals surface area contributed by atoms with E-state index in [9.17, 15) is 22.8 Å². The van der Waals surface area contributed by atoms with Gasteiger partial charge in [0.15, 0.2) is 0 Å². The highest BCUT2D eigenvalue weighted by Crippen LogP contribution is 2.30. The first-order chi connectivity index (χ1) is 16.7. The van der Waals surface area contributed by atoms with E-state index < -0.39 is 17.8 Å². The Kier molecular flexibility index (Phi) is 11.7. The largest absolute Gasteiger partial charge is 0.416 e. The van der Waals surface area contributed by atoms with Gasteiger partial charge in [-0.3, -0.25) is 4.84 Å². The molecule has 0 saturated carbocycles. The number of hydrogen-bond donors (Lipinski definition) is 2. The Bertz CT molecular complexity index is 922. The molecule has 0 aromatic heterocycles. The number of carbonyl (C=O) groups excluding carboxylic acids is 2. The summed E-state index contributed by atoms with van der Waals surface area (Å²) in [6.07, 6.45) is -2.07. The van der Waals surface area contributed by atoms with E-state index in [0.29, 0.717) is 24.3 Å². The van der Waals surface area contributed by atoms with E-state index in [-0.39, 0.29) is 25.1 Å². The Morgan fingerprint density at radius 2 is 1.80 bits per heavy atom. The lowest BCUT2D eigenvalue weighted by Gasteiger charge is -2.20. The van der Waals surface area contributed by atoms with Crippen molar-refractivity contribution < 1.29 is 37.1 Å². The molecule has 2 N–H and O–H groups in total. The standard InChI is InChI=1S/C25H31F3N2O5/c1-18(17-31)20-6-5-7-22(16-20)35-24(32)29-13-15-34-30-23(8-3-4-14-33-2)19-9-11-21(12-10-19)25(26,27)28/h5-7,9-12,16-18,23,30H,3-4,8,13-15H2,1-2H3,(H,29,32). The molecule has 35 heavy (non-hydrogen) atoms. The van der Waals surface area contributed by atoms with Crippen LogP contribution in [0.1, 0.15) is 54.8 Å². The molecule has 0 heterocycles. The molecular weight excluding hydrogens is 465 g/mol. The number of amides is 1. The summed E-state index contributed by atoms with van der Waals surface area (Å²) in [6, 6.07) is 11.3. The average Bonchev–Trinajstić information content (AvgIpc) is 2.84. The molecule has 2 aromatic rings. The Hall–Kier alpha value is -2.95. The van der Waals surface area contributed by atoms with Crippen LogP contribution in [0.5, 0.6) is 5.75 Å². The topological polar surface area (TPSA) is 85.9 Å². The molecule has 2 atom stereocenters. The normalized spacial score (nSPS) is 13.2. The van der Waals surface area contributed by atoms with Gasteiger partial charge in [-0.2, -0.15) is 18.7 Å². The highest BCUT2D eigenvalue weighted by Gasteiger charge is 2.30. The number of benzene rings is 2. The second kappa shape index (κ2) is 14.4. The van der Waals surface area contributed by atoms with Gasteiger partial charge in [0, 0.05) is 26.2 Å². The molecule has 0 bridgehead atoms. The highest BCUT2D eigenvalue weighted by atomic mass is 19.4. The van der Waals surface area contributed by atoms with Crippen molar-refractivity contribution in [3.63, 3.8) is 0 Å². The summed E-state index contributed by atoms with van der Waals surface area (Å²) in [5.74, 6) is -0.000588. The number of alkyl halides is 3. The predicted molar refractivity (Wildman–Crippen MR) is 124 cm³/mol. The second-order valence-corrected chi connectivity index (χ2v) is 7.94. The molecule has 0 aliphatic rings. The first-order valence-corrected chi connectivity index (χ1v) is 11.3. The third-order valence-corrected chi connectivity index (χ3v) is 5.23. The summed E-state index contributed by atoms with van der Waals surface area (Å²) >= 11 is 0. The van der Waals surface area contributed by atoms with Crippen LogP contribution in [0.25, 0.3) is 0 Å². The van der Waals surface area contributed by atoms with Crippen LogP contribution in [-0.2, 0) is 20.5 Å². The maximum atomic E-state index is 12.9. The molecule has 0 aliphatic carbocycles. The van der Waals surface area contributed by atoms with E-state index in [1.165, 1.54) is 12.1 Å². The molecule has 0 spiro atoms. The summed E-state index contributed by atoms with van der Waals surface area (Å²) in [5, 5.41) is 2.55. The van der Waals surface area contributed by atoms with Crippen molar-refractivity contribution >= 4 is 12.4 Å². The maximum Gasteiger partial charge on any atom is 0.416 e. The van der Waals surface area contributed by atoms with E-state index in [1.54, 1.807) is 38.3 Å². The molecule has 2 aromatic carbocycles. The number of hydroxylamine groups is 1. The van der Waals surface area contributed by atoms with E-state index in [2.05, 4.69) is 10.8 Å². The zero-order valence-corrected chi connectivity index (χ0v) is 19.8. The molecule has 10 heteroatoms. The number of carbonyl (C=O) groups is 2. The van der Waals surface area contributed by atoms with Crippen LogP contribution in [0.4, 0.5) is 18.0 Å². The Balaban J connectivity index is 1.82. The molecular formula is C25H31F3N2O5. The molecule has 192 valence electrons. The molecule has 2 unspecified atom stereocenters. The predicted octanol–water partition coefficient (Wildman–Crippen LogP) is 5.18. The van der Waals surface area contributed by atoms with Gasteiger partial charge in [0.05, 0.1) is 18.2 Å². The SMILES string of the molecule is COCCCCC(NOCCNC(=O)Oc1cccc(C(C)C=O)c1)c1ccc(C(F)(F)F)cc1. The summed E-state index contributed by atoms with van der Waals surface area (Å²) in [5.41, 5.74) is 3.55. The smallest absolute Gasteiger partial charge is 0.410 e. The van der Waals surface area contributed by atoms with Crippen LogP contribution < -0.4 is 15.5 Å². The molecule has 2 rings (SSSR count). The molecule has 7 nitrogen and oxygen atoms in total. The van der Waals surface area contributed by atoms with Crippen LogP contribution in [0.15, 0.2) is 48.5 Å². The van der Waals surface area contributed by atoms with E-state index >= 15 is 0 Å². The van der Waals surface area contributed by atoms with Crippen molar-refractivity contribution in [3.8, 4) is 5.75 Å². The van der Waals surface area contributed by atoms with Crippen molar-refractivity contribution in [2.45, 2.75) is 44.3 Å². The molecule has 0 fully saturated rings. The fraction of sp³-hybridized carbons (Fsp3) is 0.440. The molecule has 1 amide bonds. The molecule has 0 saturated heterocycles. The highest BCUT2D eigenvalue weighted by molar-refractivity contribution is 5.70. The van der Waals surface area contributed by atoms with Gasteiger partial charge in [0.25, 0.3) is 0 Å². The summed E-state index contributed by atoms with van der Waals surface area (Å²) in [7, 11) is 1.61. The van der Waals surface area contributed by atoms with Crippen molar-refractivity contribution in [2.24, 2.45) is 0 Å². The zero-order valence-electron chi connectivity index (χ0n) is 19.8. The number of unbranched alkanes of at least 4 members (excludes halogenated alkanes) is 1. The van der Waals surface area contributed by atoms with Gasteiger partial charge in [-0.1, -0.05) is 31.2 Å². The first-order valence-electron chi connectivity index (χ1n) is 11.3. The first kappa shape index (κ1) is 28.3. The van der Waals surface area contributed by atoms with Gasteiger partial charge in [-0.25, -0.2) is 4.79 Å². The van der Waals surface area contributed by atoms with Gasteiger partial charge >= 0.3 is 12.3 Å². The van der Waals surface area contributed by atoms with Crippen LogP contribution in [0.2, 0.25) is 0 Å². The lowest BCUT2D eigenvalue weighted by Crippen LogP contribution is -2.32. The minimum atomic E-state index is -4.40. The Morgan fingerprint density at radius 1 is 1.06 bits per heavy atom. The second-order valence-electron chi connectivity index (χ2n) is 7.94. The number of nitrogens with one attached hydrogen (secondary N) is 2. The van der Waals surface area contributed by atoms with Crippen molar-refractivity contribution in [1.82, 2.24) is 10.8 Å². The monoisotopic (exact) mass is 496 g/mol. The minimum absolute atomic E-state index is 0.104. The van der Waals surface area contributed by atoms with Crippen LogP contribution in [-0.4, -0.2) is 39.2 Å². The number of aldehydes is 1. The van der Waals surface area contributed by atoms with Gasteiger partial charge < -0.3 is 19.6 Å². The quantitative estimate of drug-likeness (QED) is 0.213. The Labute approximate surface area is 202 Å². The van der Waals surface area contributed by atoms with Crippen molar-refractivity contribution in [1.29, 1.82) is 0 Å². The van der Waals surface area contributed by atoms with E-state index in [1.807, 2.05) is 0 Å². The van der Waals surface area contributed by atoms with Crippen molar-refractivity contribution in [3.05, 3.63) is 65.2 Å². The number of rotatable bonds is 14. The van der Waals surface area contributed by atoms with Crippen LogP contribution in [0.3, 0.4) is 0 Å². The summed E-state index contributed by atoms with van der Waals surface area (Å²) < 4.78 is 48.8. The van der Waals surface area contributed by atoms with Crippen molar-refractivity contribution in [2.75, 3.05) is 26.9 Å². The third kappa shape index (κ3) is 10.1. The minimum Gasteiger partial charge on any atom is -0.410 e. The van der Waals surface area contributed by atoms with E-state index in [0.717, 1.165) is 36.8 Å². The van der Waals surface area contributed by atoms with Gasteiger partial charge in [-0.15, -0.1) is 0 Å². The zero-order chi connectivity index (χ0) is 25.7. The lowest BCUT2D eigenvalue weighted by atomic mass is 10.0. The number of methoxy groups -OCH3 is 1. The Morgan fingerprint density at radius 3 is 2.46 bits per heavy atom. The third-order valence-electron chi connectivity index (χ3n) is 5.23. The fourth-order valence-corrected chi connectivity index (χ4v) is 3.24. The number of hydrogen-bond acceptors (Lipinski definition) is 6. The number of halogens is 3. The number of ether oxygens (including phenoxy) is 2. The summed E-state index contributed by atoms with van der Waals surface area (Å²) in [6.45, 7) is 2.57. The summed E-state index contributed by atoms with van der Waals surface area (Å²) in [4.78, 5) is 28.4. The van der Waals surface area contributed by atoms with Crippen LogP contribution in [0, 0.1) is 0 Å². The van der Waals surface area contributed by atoms with Gasteiger partial charge in [-0.05, 0) is 54.7 Å². The van der Waals surface area contributed by atoms with Crippen LogP contribution >= 0.6 is 0 Å².